The Morgan fingerprint density at radius 3 is 2.60 bits per heavy atom. The Bertz CT molecular complexity index is 1020. The fourth-order valence-electron chi connectivity index (χ4n) is 5.17. The SMILES string of the molecule is COc1ccc2c(c1)[C@@H]1C[C@H]2NCCCC[C@@H](C(N)=O)C(=O)N[C@@H](Cc2ccccc2)[C@H](O)CN1. The van der Waals surface area contributed by atoms with Crippen molar-refractivity contribution in [2.75, 3.05) is 20.2 Å². The molecule has 0 unspecified atom stereocenters. The van der Waals surface area contributed by atoms with E-state index in [4.69, 9.17) is 10.5 Å². The summed E-state index contributed by atoms with van der Waals surface area (Å²) in [5, 5.41) is 21.2. The third-order valence-electron chi connectivity index (χ3n) is 7.15. The lowest BCUT2D eigenvalue weighted by Gasteiger charge is -2.27. The zero-order valence-corrected chi connectivity index (χ0v) is 20.2. The molecule has 1 aliphatic carbocycles. The van der Waals surface area contributed by atoms with Crippen molar-refractivity contribution in [1.82, 2.24) is 16.0 Å². The molecule has 188 valence electrons. The summed E-state index contributed by atoms with van der Waals surface area (Å²) in [4.78, 5) is 25.1. The Hall–Kier alpha value is -2.94. The monoisotopic (exact) mass is 480 g/mol. The van der Waals surface area contributed by atoms with Gasteiger partial charge in [-0.05, 0) is 61.1 Å². The molecule has 2 amide bonds. The van der Waals surface area contributed by atoms with Gasteiger partial charge in [0.15, 0.2) is 0 Å². The molecule has 1 aliphatic heterocycles. The number of nitrogens with two attached hydrogens (primary N) is 1. The number of hydrogen-bond donors (Lipinski definition) is 5. The minimum atomic E-state index is -0.914. The van der Waals surface area contributed by atoms with Crippen LogP contribution < -0.4 is 26.4 Å². The predicted molar refractivity (Wildman–Crippen MR) is 134 cm³/mol. The molecule has 8 heteroatoms. The zero-order valence-electron chi connectivity index (χ0n) is 20.2. The van der Waals surface area contributed by atoms with Crippen LogP contribution in [0.25, 0.3) is 0 Å². The van der Waals surface area contributed by atoms with Crippen LogP contribution in [-0.2, 0) is 16.0 Å². The number of primary amides is 1. The minimum Gasteiger partial charge on any atom is -0.497 e. The van der Waals surface area contributed by atoms with Crippen LogP contribution in [0.4, 0.5) is 0 Å². The van der Waals surface area contributed by atoms with Gasteiger partial charge in [0.1, 0.15) is 11.7 Å². The van der Waals surface area contributed by atoms with Crippen molar-refractivity contribution in [3.05, 3.63) is 65.2 Å². The Kier molecular flexibility index (Phi) is 8.38. The standard InChI is InChI=1S/C27H36N4O4/c1-35-18-10-11-19-21(14-18)23-15-22(19)29-12-6-5-9-20(26(28)33)27(34)31-24(25(32)16-30-23)13-17-7-3-2-4-8-17/h2-4,7-8,10-11,14,20,22-25,29-30,32H,5-6,9,12-13,15-16H2,1H3,(H2,28,33)(H,31,34)/t20-,22+,23-,24-,25+/m0/s1. The average Bonchev–Trinajstić information content (AvgIpc) is 3.20. The first-order valence-electron chi connectivity index (χ1n) is 12.4. The number of carbonyl (C=O) groups is 2. The molecule has 6 N–H and O–H groups in total. The van der Waals surface area contributed by atoms with Gasteiger partial charge in [0.2, 0.25) is 11.8 Å². The summed E-state index contributed by atoms with van der Waals surface area (Å²) in [6, 6.07) is 15.5. The second kappa shape index (κ2) is 11.7. The van der Waals surface area contributed by atoms with Gasteiger partial charge in [0.25, 0.3) is 0 Å². The number of aliphatic hydroxyl groups excluding tert-OH is 1. The molecule has 2 bridgehead atoms. The largest absolute Gasteiger partial charge is 0.497 e. The van der Waals surface area contributed by atoms with E-state index in [-0.39, 0.29) is 18.6 Å². The second-order valence-electron chi connectivity index (χ2n) is 9.52. The number of rotatable bonds is 4. The second-order valence-corrected chi connectivity index (χ2v) is 9.52. The van der Waals surface area contributed by atoms with Crippen molar-refractivity contribution in [2.45, 2.75) is 56.3 Å². The Morgan fingerprint density at radius 2 is 1.86 bits per heavy atom. The number of amides is 2. The van der Waals surface area contributed by atoms with Crippen molar-refractivity contribution in [3.63, 3.8) is 0 Å². The smallest absolute Gasteiger partial charge is 0.232 e. The summed E-state index contributed by atoms with van der Waals surface area (Å²) >= 11 is 0. The van der Waals surface area contributed by atoms with Crippen molar-refractivity contribution in [2.24, 2.45) is 11.7 Å². The van der Waals surface area contributed by atoms with Gasteiger partial charge in [0, 0.05) is 18.6 Å². The first kappa shape index (κ1) is 25.2. The number of hydrogen-bond acceptors (Lipinski definition) is 6. The van der Waals surface area contributed by atoms with Gasteiger partial charge in [-0.2, -0.15) is 0 Å². The number of carbonyl (C=O) groups excluding carboxylic acids is 2. The molecule has 2 aromatic rings. The van der Waals surface area contributed by atoms with Crippen LogP contribution in [0.15, 0.2) is 48.5 Å². The lowest BCUT2D eigenvalue weighted by Crippen LogP contribution is -2.52. The highest BCUT2D eigenvalue weighted by molar-refractivity contribution is 5.99. The van der Waals surface area contributed by atoms with Crippen LogP contribution in [0.5, 0.6) is 5.75 Å². The topological polar surface area (TPSA) is 126 Å². The van der Waals surface area contributed by atoms with Gasteiger partial charge in [-0.1, -0.05) is 42.8 Å². The van der Waals surface area contributed by atoms with E-state index in [0.717, 1.165) is 30.7 Å². The Labute approximate surface area is 206 Å². The van der Waals surface area contributed by atoms with E-state index in [1.165, 1.54) is 11.1 Å². The lowest BCUT2D eigenvalue weighted by molar-refractivity contribution is -0.134. The molecule has 0 aromatic heterocycles. The minimum absolute atomic E-state index is 0.0452. The summed E-state index contributed by atoms with van der Waals surface area (Å²) in [6.07, 6.45) is 2.35. The molecule has 35 heavy (non-hydrogen) atoms. The van der Waals surface area contributed by atoms with Gasteiger partial charge >= 0.3 is 0 Å². The Morgan fingerprint density at radius 1 is 1.09 bits per heavy atom. The van der Waals surface area contributed by atoms with Crippen molar-refractivity contribution in [1.29, 1.82) is 0 Å². The molecule has 4 rings (SSSR count). The summed E-state index contributed by atoms with van der Waals surface area (Å²) in [6.45, 7) is 1.06. The molecule has 1 saturated heterocycles. The van der Waals surface area contributed by atoms with Crippen molar-refractivity contribution in [3.8, 4) is 5.75 Å². The molecule has 0 saturated carbocycles. The third kappa shape index (κ3) is 6.20. The Balaban J connectivity index is 1.58. The first-order valence-corrected chi connectivity index (χ1v) is 12.4. The molecule has 2 aromatic carbocycles. The molecule has 1 heterocycles. The summed E-state index contributed by atoms with van der Waals surface area (Å²) < 4.78 is 5.45. The lowest BCUT2D eigenvalue weighted by atomic mass is 9.96. The van der Waals surface area contributed by atoms with Crippen LogP contribution in [0.2, 0.25) is 0 Å². The molecule has 5 atom stereocenters. The number of nitrogens with one attached hydrogen (secondary N) is 3. The van der Waals surface area contributed by atoms with E-state index in [0.29, 0.717) is 19.3 Å². The van der Waals surface area contributed by atoms with Crippen LogP contribution in [0, 0.1) is 5.92 Å². The number of methoxy groups -OCH3 is 1. The number of fused-ring (bicyclic) bond motifs is 5. The average molecular weight is 481 g/mol. The molecular formula is C27H36N4O4. The van der Waals surface area contributed by atoms with E-state index < -0.39 is 29.9 Å². The van der Waals surface area contributed by atoms with E-state index in [9.17, 15) is 14.7 Å². The zero-order chi connectivity index (χ0) is 24.8. The molecule has 0 radical (unpaired) electrons. The van der Waals surface area contributed by atoms with Crippen LogP contribution >= 0.6 is 0 Å². The number of aliphatic hydroxyl groups is 1. The van der Waals surface area contributed by atoms with Crippen molar-refractivity contribution >= 4 is 11.8 Å². The van der Waals surface area contributed by atoms with E-state index in [1.807, 2.05) is 36.4 Å². The highest BCUT2D eigenvalue weighted by Gasteiger charge is 2.33. The number of β-amino-alcohol motifs (C(OH)–C–C–N with tert-alkyl or cyclic N) is 1. The predicted octanol–water partition coefficient (Wildman–Crippen LogP) is 1.73. The molecule has 8 nitrogen and oxygen atoms in total. The fourth-order valence-corrected chi connectivity index (χ4v) is 5.17. The van der Waals surface area contributed by atoms with E-state index in [1.54, 1.807) is 7.11 Å². The van der Waals surface area contributed by atoms with Crippen molar-refractivity contribution < 1.29 is 19.4 Å². The molecule has 1 fully saturated rings. The summed E-state index contributed by atoms with van der Waals surface area (Å²) in [5.41, 5.74) is 8.96. The van der Waals surface area contributed by atoms with Crippen LogP contribution in [0.3, 0.4) is 0 Å². The van der Waals surface area contributed by atoms with Gasteiger partial charge < -0.3 is 31.5 Å². The first-order chi connectivity index (χ1) is 17.0. The maximum Gasteiger partial charge on any atom is 0.232 e. The number of benzene rings is 2. The van der Waals surface area contributed by atoms with Crippen LogP contribution in [-0.4, -0.2) is 49.3 Å². The highest BCUT2D eigenvalue weighted by atomic mass is 16.5. The molecule has 2 aliphatic rings. The van der Waals surface area contributed by atoms with Crippen LogP contribution in [0.1, 0.15) is 54.5 Å². The summed E-state index contributed by atoms with van der Waals surface area (Å²) in [7, 11) is 1.66. The van der Waals surface area contributed by atoms with E-state index in [2.05, 4.69) is 28.1 Å². The highest BCUT2D eigenvalue weighted by Crippen LogP contribution is 2.40. The van der Waals surface area contributed by atoms with E-state index >= 15 is 0 Å². The number of ether oxygens (including phenoxy) is 1. The maximum absolute atomic E-state index is 13.0. The maximum atomic E-state index is 13.0. The third-order valence-corrected chi connectivity index (χ3v) is 7.15. The molecule has 0 spiro atoms. The molecular weight excluding hydrogens is 444 g/mol. The normalized spacial score (nSPS) is 27.7. The van der Waals surface area contributed by atoms with Gasteiger partial charge in [-0.25, -0.2) is 0 Å². The van der Waals surface area contributed by atoms with Gasteiger partial charge in [0.05, 0.1) is 19.3 Å². The fraction of sp³-hybridized carbons (Fsp3) is 0.481. The quantitative estimate of drug-likeness (QED) is 0.425. The van der Waals surface area contributed by atoms with Gasteiger partial charge in [-0.3, -0.25) is 9.59 Å². The van der Waals surface area contributed by atoms with Gasteiger partial charge in [-0.15, -0.1) is 0 Å². The summed E-state index contributed by atoms with van der Waals surface area (Å²) in [5.74, 6) is -1.16.